The highest BCUT2D eigenvalue weighted by molar-refractivity contribution is 6.15. The molecule has 0 aliphatic heterocycles. The van der Waals surface area contributed by atoms with Crippen molar-refractivity contribution in [2.24, 2.45) is 0 Å². The number of nitrogens with zero attached hydrogens (tertiary/aromatic N) is 1. The smallest absolute Gasteiger partial charge is 0.139 e. The predicted octanol–water partition coefficient (Wildman–Crippen LogP) is 15.5. The normalized spacial score (nSPS) is 13.9. The predicted molar refractivity (Wildman–Crippen MR) is 236 cm³/mol. The summed E-state index contributed by atoms with van der Waals surface area (Å²) in [6.07, 6.45) is 0. The molecule has 276 valence electrons. The van der Waals surface area contributed by atoms with Gasteiger partial charge in [0.05, 0.1) is 11.1 Å². The first-order valence-corrected chi connectivity index (χ1v) is 19.8. The van der Waals surface area contributed by atoms with Crippen molar-refractivity contribution in [3.63, 3.8) is 0 Å². The minimum Gasteiger partial charge on any atom is -0.456 e. The van der Waals surface area contributed by atoms with E-state index in [0.29, 0.717) is 0 Å². The average Bonchev–Trinajstić information content (AvgIpc) is 3.82. The summed E-state index contributed by atoms with van der Waals surface area (Å²) in [6.45, 7) is 18.4. The maximum absolute atomic E-state index is 6.92. The Hall–Kier alpha value is -6.06. The van der Waals surface area contributed by atoms with E-state index in [1.54, 1.807) is 0 Å². The van der Waals surface area contributed by atoms with Crippen LogP contribution in [0.5, 0.6) is 0 Å². The third kappa shape index (κ3) is 5.17. The van der Waals surface area contributed by atoms with Gasteiger partial charge in [-0.1, -0.05) is 140 Å². The zero-order valence-electron chi connectivity index (χ0n) is 33.5. The van der Waals surface area contributed by atoms with Crippen molar-refractivity contribution in [2.45, 2.75) is 71.6 Å². The van der Waals surface area contributed by atoms with Crippen LogP contribution in [0, 0.1) is 0 Å². The lowest BCUT2D eigenvalue weighted by molar-refractivity contribution is 0.559. The second-order valence-electron chi connectivity index (χ2n) is 18.2. The summed E-state index contributed by atoms with van der Waals surface area (Å²) in [5.74, 6) is 0. The number of hydrogen-bond donors (Lipinski definition) is 0. The van der Waals surface area contributed by atoms with E-state index in [-0.39, 0.29) is 16.2 Å². The zero-order chi connectivity index (χ0) is 38.7. The molecule has 2 heterocycles. The van der Waals surface area contributed by atoms with Crippen LogP contribution in [-0.4, -0.2) is 0 Å². The van der Waals surface area contributed by atoms with Crippen LogP contribution in [0.3, 0.4) is 0 Å². The summed E-state index contributed by atoms with van der Waals surface area (Å²) in [5, 5.41) is 4.53. The van der Waals surface area contributed by atoms with E-state index in [1.807, 2.05) is 6.07 Å². The Labute approximate surface area is 329 Å². The Morgan fingerprint density at radius 2 is 1.14 bits per heavy atom. The van der Waals surface area contributed by atoms with Gasteiger partial charge in [-0.15, -0.1) is 0 Å². The molecule has 56 heavy (non-hydrogen) atoms. The number of fused-ring (bicyclic) bond motifs is 9. The number of benzene rings is 7. The van der Waals surface area contributed by atoms with Crippen LogP contribution >= 0.6 is 0 Å². The summed E-state index contributed by atoms with van der Waals surface area (Å²) in [6, 6.07) is 50.9. The minimum atomic E-state index is -0.111. The highest BCUT2D eigenvalue weighted by Crippen LogP contribution is 2.52. The summed E-state index contributed by atoms with van der Waals surface area (Å²) in [5.41, 5.74) is 16.8. The Kier molecular flexibility index (Phi) is 7.36. The van der Waals surface area contributed by atoms with Gasteiger partial charge in [-0.3, -0.25) is 0 Å². The van der Waals surface area contributed by atoms with Crippen LogP contribution in [-0.2, 0) is 16.2 Å². The number of anilines is 3. The molecule has 10 rings (SSSR count). The molecular formula is C53H47NO2. The van der Waals surface area contributed by atoms with Crippen molar-refractivity contribution in [1.82, 2.24) is 0 Å². The zero-order valence-corrected chi connectivity index (χ0v) is 33.5. The average molecular weight is 730 g/mol. The lowest BCUT2D eigenvalue weighted by Crippen LogP contribution is -2.16. The lowest BCUT2D eigenvalue weighted by Gasteiger charge is -2.28. The van der Waals surface area contributed by atoms with Crippen molar-refractivity contribution in [2.75, 3.05) is 4.90 Å². The summed E-state index contributed by atoms with van der Waals surface area (Å²) >= 11 is 0. The number of furan rings is 2. The van der Waals surface area contributed by atoms with Crippen LogP contribution in [0.25, 0.3) is 66.1 Å². The molecule has 1 aliphatic carbocycles. The molecule has 2 aromatic heterocycles. The summed E-state index contributed by atoms with van der Waals surface area (Å²) in [7, 11) is 0. The van der Waals surface area contributed by atoms with Crippen LogP contribution in [0.2, 0.25) is 0 Å². The Morgan fingerprint density at radius 1 is 0.482 bits per heavy atom. The van der Waals surface area contributed by atoms with E-state index in [2.05, 4.69) is 194 Å². The van der Waals surface area contributed by atoms with Gasteiger partial charge < -0.3 is 13.7 Å². The highest BCUT2D eigenvalue weighted by Gasteiger charge is 2.36. The molecule has 7 aromatic carbocycles. The molecule has 0 amide bonds. The third-order valence-corrected chi connectivity index (χ3v) is 12.1. The molecule has 0 N–H and O–H groups in total. The number of rotatable bonds is 4. The van der Waals surface area contributed by atoms with Crippen LogP contribution in [0.4, 0.5) is 17.1 Å². The van der Waals surface area contributed by atoms with Gasteiger partial charge >= 0.3 is 0 Å². The molecule has 0 atom stereocenters. The van der Waals surface area contributed by atoms with Gasteiger partial charge in [-0.05, 0) is 104 Å². The number of hydrogen-bond acceptors (Lipinski definition) is 3. The number of para-hydroxylation sites is 1. The van der Waals surface area contributed by atoms with Crippen LogP contribution < -0.4 is 4.90 Å². The first kappa shape index (κ1) is 34.4. The SMILES string of the molecule is CC(C)(C)c1cc(C(C)(C)C)c2oc3cccc(N(c4cccc(-c5cccc6oc7ccccc7c56)c4)c4ccc5c(c4)-c4ccccc4C5(C)C)c3c2c1. The maximum Gasteiger partial charge on any atom is 0.139 e. The van der Waals surface area contributed by atoms with Crippen molar-refractivity contribution in [3.8, 4) is 22.3 Å². The van der Waals surface area contributed by atoms with E-state index in [4.69, 9.17) is 8.83 Å². The van der Waals surface area contributed by atoms with Crippen molar-refractivity contribution in [1.29, 1.82) is 0 Å². The molecule has 0 fully saturated rings. The van der Waals surface area contributed by atoms with E-state index < -0.39 is 0 Å². The lowest BCUT2D eigenvalue weighted by atomic mass is 9.79. The third-order valence-electron chi connectivity index (χ3n) is 12.1. The molecule has 3 heteroatoms. The Morgan fingerprint density at radius 3 is 1.95 bits per heavy atom. The van der Waals surface area contributed by atoms with Gasteiger partial charge in [-0.25, -0.2) is 0 Å². The first-order valence-electron chi connectivity index (χ1n) is 19.8. The standard InChI is InChI=1S/C53H47NO2/c1-51(2,3)33-29-40-49-44(22-15-25-47(49)56-50(40)43(30-33)52(4,5)6)54(35-26-27-42-39(31-35)37-18-9-11-21-41(37)53(42,7)8)34-17-13-16-32(28-34)36-20-14-24-46-48(36)38-19-10-12-23-45(38)55-46/h9-31H,1-8H3. The molecule has 9 aromatic rings. The van der Waals surface area contributed by atoms with Gasteiger partial charge in [0.2, 0.25) is 0 Å². The summed E-state index contributed by atoms with van der Waals surface area (Å²) < 4.78 is 13.3. The molecule has 0 radical (unpaired) electrons. The van der Waals surface area contributed by atoms with Gasteiger partial charge in [0.25, 0.3) is 0 Å². The second-order valence-corrected chi connectivity index (χ2v) is 18.2. The monoisotopic (exact) mass is 729 g/mol. The largest absolute Gasteiger partial charge is 0.456 e. The fourth-order valence-corrected chi connectivity index (χ4v) is 9.19. The molecule has 0 saturated carbocycles. The topological polar surface area (TPSA) is 29.5 Å². The van der Waals surface area contributed by atoms with Crippen molar-refractivity contribution < 1.29 is 8.83 Å². The quantitative estimate of drug-likeness (QED) is 0.181. The maximum atomic E-state index is 6.92. The van der Waals surface area contributed by atoms with E-state index in [1.165, 1.54) is 33.4 Å². The molecular weight excluding hydrogens is 683 g/mol. The fourth-order valence-electron chi connectivity index (χ4n) is 9.19. The summed E-state index contributed by atoms with van der Waals surface area (Å²) in [4.78, 5) is 2.45. The minimum absolute atomic E-state index is 0.0425. The second kappa shape index (κ2) is 12.0. The van der Waals surface area contributed by atoms with Crippen LogP contribution in [0.15, 0.2) is 148 Å². The first-order chi connectivity index (χ1) is 26.8. The van der Waals surface area contributed by atoms with E-state index >= 15 is 0 Å². The van der Waals surface area contributed by atoms with E-state index in [0.717, 1.165) is 72.1 Å². The fraction of sp³-hybridized carbons (Fsp3) is 0.208. The molecule has 3 nitrogen and oxygen atoms in total. The van der Waals surface area contributed by atoms with Crippen molar-refractivity contribution >= 4 is 60.9 Å². The molecule has 0 unspecified atom stereocenters. The highest BCUT2D eigenvalue weighted by atomic mass is 16.3. The molecule has 0 spiro atoms. The molecule has 0 bridgehead atoms. The van der Waals surface area contributed by atoms with Crippen molar-refractivity contribution in [3.05, 3.63) is 162 Å². The van der Waals surface area contributed by atoms with Gasteiger partial charge in [0.1, 0.15) is 22.3 Å². The van der Waals surface area contributed by atoms with E-state index in [9.17, 15) is 0 Å². The Balaban J connectivity index is 1.27. The Bertz CT molecular complexity index is 3030. The molecule has 1 aliphatic rings. The van der Waals surface area contributed by atoms with Crippen LogP contribution in [0.1, 0.15) is 77.6 Å². The molecule has 0 saturated heterocycles. The van der Waals surface area contributed by atoms with Gasteiger partial charge in [-0.2, -0.15) is 0 Å². The van der Waals surface area contributed by atoms with Gasteiger partial charge in [0.15, 0.2) is 0 Å². The van der Waals surface area contributed by atoms with Gasteiger partial charge in [0, 0.05) is 38.5 Å².